The molecule has 9 heteroatoms. The lowest BCUT2D eigenvalue weighted by molar-refractivity contribution is -0.277. The Balaban J connectivity index is 2.47. The molecule has 0 spiro atoms. The van der Waals surface area contributed by atoms with E-state index in [1.54, 1.807) is 0 Å². The number of rotatable bonds is 7. The number of amides is 1. The lowest BCUT2D eigenvalue weighted by Gasteiger charge is -2.26. The first-order chi connectivity index (χ1) is 8.53. The molecule has 1 unspecified atom stereocenters. The maximum absolute atomic E-state index is 11.7. The van der Waals surface area contributed by atoms with Gasteiger partial charge in [-0.15, -0.1) is 11.8 Å². The number of carbonyl (C=O) groups is 2. The van der Waals surface area contributed by atoms with Crippen LogP contribution in [0.1, 0.15) is 0 Å². The molecular weight excluding hydrogens is 280 g/mol. The average molecular weight is 296 g/mol. The van der Waals surface area contributed by atoms with Crippen molar-refractivity contribution < 1.29 is 24.5 Å². The van der Waals surface area contributed by atoms with Crippen LogP contribution in [0.3, 0.4) is 0 Å². The lowest BCUT2D eigenvalue weighted by atomic mass is 10.2. The number of carboxylic acids is 1. The Hall–Kier alpha value is -0.480. The number of thiol groups is 1. The molecule has 1 rings (SSSR count). The van der Waals surface area contributed by atoms with Crippen molar-refractivity contribution in [2.45, 2.75) is 10.9 Å². The number of thioether (sulfide) groups is 1. The van der Waals surface area contributed by atoms with E-state index in [9.17, 15) is 9.59 Å². The lowest BCUT2D eigenvalue weighted by Crippen LogP contribution is -2.52. The highest BCUT2D eigenvalue weighted by molar-refractivity contribution is 8.01. The number of hydrogen-bond acceptors (Lipinski definition) is 7. The monoisotopic (exact) mass is 296 g/mol. The fraction of sp³-hybridized carbons (Fsp3) is 0.778. The summed E-state index contributed by atoms with van der Waals surface area (Å²) in [5.74, 6) is -0.425. The van der Waals surface area contributed by atoms with E-state index in [1.807, 2.05) is 0 Å². The second-order valence-electron chi connectivity index (χ2n) is 3.70. The van der Waals surface area contributed by atoms with E-state index in [2.05, 4.69) is 28.1 Å². The van der Waals surface area contributed by atoms with Gasteiger partial charge in [0.05, 0.1) is 13.2 Å². The van der Waals surface area contributed by atoms with Crippen LogP contribution in [0, 0.1) is 0 Å². The molecule has 1 aliphatic rings. The molecule has 0 radical (unpaired) electrons. The first-order valence-corrected chi connectivity index (χ1v) is 6.82. The molecule has 1 saturated heterocycles. The summed E-state index contributed by atoms with van der Waals surface area (Å²) in [6.07, 6.45) is 0. The van der Waals surface area contributed by atoms with Gasteiger partial charge in [-0.05, 0) is 0 Å². The van der Waals surface area contributed by atoms with Gasteiger partial charge in [0.15, 0.2) is 0 Å². The van der Waals surface area contributed by atoms with E-state index in [0.717, 1.165) is 0 Å². The van der Waals surface area contributed by atoms with Crippen molar-refractivity contribution in [3.8, 4) is 0 Å². The van der Waals surface area contributed by atoms with Gasteiger partial charge in [-0.1, -0.05) is 0 Å². The average Bonchev–Trinajstić information content (AvgIpc) is 2.78. The van der Waals surface area contributed by atoms with Crippen LogP contribution in [0.15, 0.2) is 0 Å². The van der Waals surface area contributed by atoms with Gasteiger partial charge >= 0.3 is 5.97 Å². The highest BCUT2D eigenvalue weighted by Gasteiger charge is 2.41. The molecule has 3 N–H and O–H groups in total. The molecule has 0 aliphatic carbocycles. The summed E-state index contributed by atoms with van der Waals surface area (Å²) in [5, 5.41) is 13.9. The summed E-state index contributed by atoms with van der Waals surface area (Å²) in [6.45, 7) is -0.134. The zero-order chi connectivity index (χ0) is 13.6. The van der Waals surface area contributed by atoms with E-state index in [4.69, 9.17) is 9.99 Å². The van der Waals surface area contributed by atoms with Crippen molar-refractivity contribution >= 4 is 36.3 Å². The summed E-state index contributed by atoms with van der Waals surface area (Å²) in [7, 11) is 1.41. The second kappa shape index (κ2) is 7.19. The molecular formula is C9H16N2O5S2. The Labute approximate surface area is 114 Å². The molecule has 0 saturated carbocycles. The largest absolute Gasteiger partial charge is 0.480 e. The molecule has 1 aliphatic heterocycles. The van der Waals surface area contributed by atoms with Crippen molar-refractivity contribution in [3.63, 3.8) is 0 Å². The van der Waals surface area contributed by atoms with Crippen LogP contribution < -0.4 is 10.6 Å². The minimum atomic E-state index is -1.07. The van der Waals surface area contributed by atoms with E-state index in [1.165, 1.54) is 18.9 Å². The summed E-state index contributed by atoms with van der Waals surface area (Å²) < 4.78 is 0. The van der Waals surface area contributed by atoms with Crippen molar-refractivity contribution in [1.29, 1.82) is 0 Å². The Kier molecular flexibility index (Phi) is 6.22. The number of carbonyl (C=O) groups excluding carboxylic acids is 1. The molecule has 1 fully saturated rings. The topological polar surface area (TPSA) is 96.9 Å². The zero-order valence-electron chi connectivity index (χ0n) is 9.84. The molecule has 18 heavy (non-hydrogen) atoms. The third-order valence-electron chi connectivity index (χ3n) is 2.36. The minimum Gasteiger partial charge on any atom is -0.480 e. The quantitative estimate of drug-likeness (QED) is 0.274. The van der Waals surface area contributed by atoms with Crippen molar-refractivity contribution in [2.75, 3.05) is 31.8 Å². The molecule has 0 aromatic rings. The van der Waals surface area contributed by atoms with Gasteiger partial charge in [-0.25, -0.2) is 9.78 Å². The molecule has 2 atom stereocenters. The fourth-order valence-electron chi connectivity index (χ4n) is 1.45. The van der Waals surface area contributed by atoms with Gasteiger partial charge in [0.25, 0.3) is 0 Å². The maximum atomic E-state index is 11.7. The van der Waals surface area contributed by atoms with Gasteiger partial charge in [0, 0.05) is 11.5 Å². The summed E-state index contributed by atoms with van der Waals surface area (Å²) in [5.41, 5.74) is 0. The highest BCUT2D eigenvalue weighted by atomic mass is 32.2. The normalized spacial score (nSPS) is 27.1. The van der Waals surface area contributed by atoms with Gasteiger partial charge < -0.3 is 10.4 Å². The molecule has 1 heterocycles. The fourth-order valence-corrected chi connectivity index (χ4v) is 3.07. The predicted octanol–water partition coefficient (Wildman–Crippen LogP) is -0.904. The number of aliphatic carboxylic acids is 1. The van der Waals surface area contributed by atoms with Crippen molar-refractivity contribution in [1.82, 2.24) is 10.6 Å². The maximum Gasteiger partial charge on any atom is 0.322 e. The van der Waals surface area contributed by atoms with Crippen LogP contribution in [0.5, 0.6) is 0 Å². The van der Waals surface area contributed by atoms with E-state index in [-0.39, 0.29) is 19.1 Å². The molecule has 0 aromatic carbocycles. The smallest absolute Gasteiger partial charge is 0.322 e. The Morgan fingerprint density at radius 2 is 2.39 bits per heavy atom. The Morgan fingerprint density at radius 1 is 1.67 bits per heavy atom. The molecule has 0 bridgehead atoms. The Bertz CT molecular complexity index is 317. The van der Waals surface area contributed by atoms with Gasteiger partial charge in [0.2, 0.25) is 5.91 Å². The van der Waals surface area contributed by atoms with E-state index >= 15 is 0 Å². The zero-order valence-corrected chi connectivity index (χ0v) is 11.6. The van der Waals surface area contributed by atoms with Crippen LogP contribution in [0.2, 0.25) is 0 Å². The molecule has 0 aromatic heterocycles. The summed E-state index contributed by atoms with van der Waals surface area (Å²) in [4.78, 5) is 31.0. The second-order valence-corrected chi connectivity index (χ2v) is 5.42. The third kappa shape index (κ3) is 4.32. The standard InChI is InChI=1S/C9H16N2O5S2/c1-15-16-4-9(5-17)11-6(3-18-9)8(14)10-2-7(12)13/h6,11,17H,2-5H2,1H3,(H,10,14)(H,12,13)/t6-,9?/m0/s1. The third-order valence-corrected chi connectivity index (χ3v) is 4.55. The van der Waals surface area contributed by atoms with E-state index in [0.29, 0.717) is 11.5 Å². The summed E-state index contributed by atoms with van der Waals surface area (Å²) in [6, 6.07) is -0.457. The van der Waals surface area contributed by atoms with Crippen LogP contribution in [0.4, 0.5) is 0 Å². The number of carboxylic acid groups (broad SMARTS) is 1. The van der Waals surface area contributed by atoms with Crippen LogP contribution in [0.25, 0.3) is 0 Å². The Morgan fingerprint density at radius 3 is 2.94 bits per heavy atom. The van der Waals surface area contributed by atoms with Gasteiger partial charge in [0.1, 0.15) is 18.0 Å². The minimum absolute atomic E-state index is 0.250. The summed E-state index contributed by atoms with van der Waals surface area (Å²) >= 11 is 5.72. The molecule has 104 valence electrons. The van der Waals surface area contributed by atoms with E-state index < -0.39 is 16.9 Å². The molecule has 1 amide bonds. The number of hydrogen-bond donors (Lipinski definition) is 4. The number of nitrogens with one attached hydrogen (secondary N) is 2. The van der Waals surface area contributed by atoms with Crippen molar-refractivity contribution in [3.05, 3.63) is 0 Å². The first kappa shape index (κ1) is 15.6. The van der Waals surface area contributed by atoms with Crippen LogP contribution >= 0.6 is 24.4 Å². The first-order valence-electron chi connectivity index (χ1n) is 5.20. The SMILES string of the molecule is COOCC1(CS)N[C@H](C(=O)NCC(=O)O)CS1. The van der Waals surface area contributed by atoms with Gasteiger partial charge in [-0.2, -0.15) is 12.6 Å². The van der Waals surface area contributed by atoms with Gasteiger partial charge in [-0.3, -0.25) is 14.9 Å². The highest BCUT2D eigenvalue weighted by Crippen LogP contribution is 2.32. The van der Waals surface area contributed by atoms with Crippen molar-refractivity contribution in [2.24, 2.45) is 0 Å². The molecule has 7 nitrogen and oxygen atoms in total. The van der Waals surface area contributed by atoms with Crippen LogP contribution in [-0.4, -0.2) is 59.7 Å². The predicted molar refractivity (Wildman–Crippen MR) is 69.6 cm³/mol. The van der Waals surface area contributed by atoms with Crippen LogP contribution in [-0.2, 0) is 19.4 Å².